The van der Waals surface area contributed by atoms with Gasteiger partial charge in [0.2, 0.25) is 11.6 Å². The molecular formula is C39H50BrN3O6Si. The molecule has 6 rings (SSSR count). The van der Waals surface area contributed by atoms with Crippen molar-refractivity contribution in [2.24, 2.45) is 11.8 Å². The van der Waals surface area contributed by atoms with Gasteiger partial charge in [-0.05, 0) is 112 Å². The first-order chi connectivity index (χ1) is 23.3. The maximum atomic E-state index is 15.6. The number of ketones is 2. The molecule has 3 aliphatic rings. The number of Topliss-reactive ketones (excluding diaryl/α,β-unsaturated/α-hetero) is 2. The van der Waals surface area contributed by atoms with Crippen LogP contribution in [-0.4, -0.2) is 73.7 Å². The number of hydrogen-bond donors (Lipinski definition) is 1. The van der Waals surface area contributed by atoms with Crippen LogP contribution in [0.25, 0.3) is 5.76 Å². The zero-order chi connectivity index (χ0) is 36.7. The summed E-state index contributed by atoms with van der Waals surface area (Å²) in [5.41, 5.74) is 4.21. The number of fused-ring (bicyclic) bond motifs is 4. The van der Waals surface area contributed by atoms with Gasteiger partial charge in [0, 0.05) is 28.1 Å². The predicted molar refractivity (Wildman–Crippen MR) is 200 cm³/mol. The summed E-state index contributed by atoms with van der Waals surface area (Å²) in [5, 5.41) is 16.3. The number of carbonyl (C=O) groups is 2. The number of nitrogens with zero attached hydrogens (tertiary/aromatic N) is 3. The van der Waals surface area contributed by atoms with Crippen molar-refractivity contribution in [1.29, 1.82) is 0 Å². The van der Waals surface area contributed by atoms with Gasteiger partial charge in [-0.2, -0.15) is 0 Å². The first-order valence-corrected chi connectivity index (χ1v) is 21.0. The summed E-state index contributed by atoms with van der Waals surface area (Å²) < 4.78 is 20.4. The van der Waals surface area contributed by atoms with Gasteiger partial charge in [-0.3, -0.25) is 14.5 Å². The average Bonchev–Trinajstić information content (AvgIpc) is 3.45. The second-order valence-corrected chi connectivity index (χ2v) is 21.8. The lowest BCUT2D eigenvalue weighted by molar-refractivity contribution is -0.140. The molecule has 1 fully saturated rings. The van der Waals surface area contributed by atoms with Crippen LogP contribution in [0, 0.1) is 25.7 Å². The Bertz CT molecular complexity index is 1890. The van der Waals surface area contributed by atoms with Gasteiger partial charge in [0.15, 0.2) is 19.7 Å². The Kier molecular flexibility index (Phi) is 9.42. The van der Waals surface area contributed by atoms with Crippen molar-refractivity contribution < 1.29 is 28.4 Å². The van der Waals surface area contributed by atoms with Crippen molar-refractivity contribution in [3.05, 3.63) is 85.1 Å². The van der Waals surface area contributed by atoms with Crippen molar-refractivity contribution in [3.63, 3.8) is 0 Å². The molecule has 0 bridgehead atoms. The highest BCUT2D eigenvalue weighted by molar-refractivity contribution is 9.10. The number of aliphatic hydroxyl groups is 1. The summed E-state index contributed by atoms with van der Waals surface area (Å²) in [7, 11) is 5.05. The fourth-order valence-corrected chi connectivity index (χ4v) is 10.1. The van der Waals surface area contributed by atoms with Crippen LogP contribution in [0.2, 0.25) is 18.1 Å². The fraction of sp³-hybridized carbons (Fsp3) is 0.513. The van der Waals surface area contributed by atoms with Crippen LogP contribution in [0.4, 0.5) is 0 Å². The van der Waals surface area contributed by atoms with Crippen LogP contribution in [-0.2, 0) is 28.8 Å². The quantitative estimate of drug-likeness (QED) is 0.181. The Morgan fingerprint density at radius 1 is 1.04 bits per heavy atom. The third-order valence-corrected chi connectivity index (χ3v) is 17.1. The van der Waals surface area contributed by atoms with E-state index in [-0.39, 0.29) is 40.3 Å². The lowest BCUT2D eigenvalue weighted by Crippen LogP contribution is -2.68. The number of carbonyl (C=O) groups excluding carboxylic acids is 2. The van der Waals surface area contributed by atoms with Gasteiger partial charge in [-0.25, -0.2) is 0 Å². The maximum absolute atomic E-state index is 15.6. The molecule has 0 amide bonds. The van der Waals surface area contributed by atoms with Crippen molar-refractivity contribution in [1.82, 2.24) is 15.0 Å². The molecule has 0 spiro atoms. The highest BCUT2D eigenvalue weighted by Crippen LogP contribution is 2.59. The second kappa shape index (κ2) is 12.8. The van der Waals surface area contributed by atoms with Crippen LogP contribution >= 0.6 is 15.9 Å². The minimum absolute atomic E-state index is 0.0445. The Morgan fingerprint density at radius 2 is 1.70 bits per heavy atom. The van der Waals surface area contributed by atoms with Gasteiger partial charge < -0.3 is 23.7 Å². The molecule has 1 N–H and O–H groups in total. The van der Waals surface area contributed by atoms with E-state index < -0.39 is 37.4 Å². The molecule has 11 heteroatoms. The molecule has 3 aromatic rings. The average molecular weight is 765 g/mol. The largest absolute Gasteiger partial charge is 0.507 e. The molecule has 9 nitrogen and oxygen atoms in total. The molecule has 4 atom stereocenters. The SMILES string of the molecule is Cc1c(Br)c2c(c(C)c1CN(C)C)C(O)=C1C(=O)[C@]3(O[Si](C)(C)C(C)(C)C)C(=O)c4c(OCc5ccccc5)noc4[C@@H](N(C)C)[C@@H]3C[C@@H]1C2. The maximum Gasteiger partial charge on any atom is 0.265 e. The number of ether oxygens (including phenoxy) is 1. The summed E-state index contributed by atoms with van der Waals surface area (Å²) in [6.45, 7) is 15.4. The number of aliphatic hydroxyl groups excluding tert-OH is 1. The van der Waals surface area contributed by atoms with Crippen molar-refractivity contribution in [2.45, 2.75) is 90.4 Å². The number of halogens is 1. The Morgan fingerprint density at radius 3 is 2.30 bits per heavy atom. The standard InChI is InChI=1S/C39H50BrN3O6Si/c1-21-26(19-42(6)7)22(2)31(40)25-17-24-18-27-32(43(8)9)34-30(37(41-48-34)47-20-23-15-13-12-14-16-23)36(46)39(27,49-50(10,11)38(3,4)5)35(45)29(24)33(44)28(21)25/h12-16,24,27,32,44H,17-20H2,1-11H3/t24-,27-,32-,39-/m0/s1. The monoisotopic (exact) mass is 763 g/mol. The van der Waals surface area contributed by atoms with Crippen molar-refractivity contribution in [2.75, 3.05) is 28.2 Å². The van der Waals surface area contributed by atoms with Gasteiger partial charge in [0.1, 0.15) is 17.9 Å². The lowest BCUT2D eigenvalue weighted by atomic mass is 9.57. The molecule has 1 aromatic heterocycles. The zero-order valence-corrected chi connectivity index (χ0v) is 33.7. The van der Waals surface area contributed by atoms with Gasteiger partial charge in [0.25, 0.3) is 5.88 Å². The summed E-state index contributed by atoms with van der Waals surface area (Å²) in [6, 6.07) is 9.11. The molecule has 0 saturated heterocycles. The van der Waals surface area contributed by atoms with Gasteiger partial charge in [-0.15, -0.1) is 0 Å². The highest BCUT2D eigenvalue weighted by Gasteiger charge is 2.68. The van der Waals surface area contributed by atoms with Crippen LogP contribution in [0.3, 0.4) is 0 Å². The summed E-state index contributed by atoms with van der Waals surface area (Å²) in [6.07, 6.45) is 0.971. The van der Waals surface area contributed by atoms with Crippen LogP contribution in [0.1, 0.15) is 82.7 Å². The molecular weight excluding hydrogens is 714 g/mol. The Balaban J connectivity index is 1.59. The van der Waals surface area contributed by atoms with Crippen LogP contribution < -0.4 is 4.74 Å². The van der Waals surface area contributed by atoms with E-state index in [2.05, 4.69) is 66.8 Å². The van der Waals surface area contributed by atoms with E-state index in [9.17, 15) is 5.11 Å². The van der Waals surface area contributed by atoms with E-state index >= 15 is 9.59 Å². The molecule has 1 saturated carbocycles. The van der Waals surface area contributed by atoms with Crippen molar-refractivity contribution >= 4 is 41.6 Å². The summed E-state index contributed by atoms with van der Waals surface area (Å²) in [5.74, 6) is -1.54. The molecule has 0 radical (unpaired) electrons. The van der Waals surface area contributed by atoms with E-state index in [1.165, 1.54) is 0 Å². The topological polar surface area (TPSA) is 105 Å². The predicted octanol–water partition coefficient (Wildman–Crippen LogP) is 7.98. The van der Waals surface area contributed by atoms with E-state index in [4.69, 9.17) is 13.7 Å². The smallest absolute Gasteiger partial charge is 0.265 e. The Labute approximate surface area is 305 Å². The van der Waals surface area contributed by atoms with Gasteiger partial charge >= 0.3 is 0 Å². The number of rotatable bonds is 8. The molecule has 0 aliphatic heterocycles. The summed E-state index contributed by atoms with van der Waals surface area (Å²) in [4.78, 5) is 35.1. The molecule has 1 heterocycles. The van der Waals surface area contributed by atoms with E-state index in [0.29, 0.717) is 30.7 Å². The highest BCUT2D eigenvalue weighted by atomic mass is 79.9. The molecule has 0 unspecified atom stereocenters. The molecule has 3 aliphatic carbocycles. The minimum Gasteiger partial charge on any atom is -0.507 e. The fourth-order valence-electron chi connectivity index (χ4n) is 8.04. The normalized spacial score (nSPS) is 23.6. The number of benzene rings is 2. The first-order valence-electron chi connectivity index (χ1n) is 17.3. The third-order valence-electron chi connectivity index (χ3n) is 11.5. The second-order valence-electron chi connectivity index (χ2n) is 16.3. The number of aromatic nitrogens is 1. The van der Waals surface area contributed by atoms with Crippen LogP contribution in [0.5, 0.6) is 5.88 Å². The van der Waals surface area contributed by atoms with Gasteiger partial charge in [0.05, 0.1) is 6.04 Å². The van der Waals surface area contributed by atoms with E-state index in [0.717, 1.165) is 32.3 Å². The zero-order valence-electron chi connectivity index (χ0n) is 31.2. The molecule has 2 aromatic carbocycles. The Hall–Kier alpha value is -3.09. The number of hydrogen-bond acceptors (Lipinski definition) is 9. The third kappa shape index (κ3) is 5.64. The first kappa shape index (κ1) is 36.7. The van der Waals surface area contributed by atoms with E-state index in [1.807, 2.05) is 70.3 Å². The van der Waals surface area contributed by atoms with Gasteiger partial charge in [-0.1, -0.05) is 67.0 Å². The lowest BCUT2D eigenvalue weighted by Gasteiger charge is -2.55. The molecule has 268 valence electrons. The molecule has 50 heavy (non-hydrogen) atoms. The summed E-state index contributed by atoms with van der Waals surface area (Å²) >= 11 is 3.89. The minimum atomic E-state index is -2.82. The van der Waals surface area contributed by atoms with Crippen molar-refractivity contribution in [3.8, 4) is 5.88 Å². The van der Waals surface area contributed by atoms with E-state index in [1.54, 1.807) is 0 Å². The van der Waals surface area contributed by atoms with Crippen LogP contribution in [0.15, 0.2) is 44.9 Å².